The van der Waals surface area contributed by atoms with Crippen LogP contribution < -0.4 is 5.32 Å². The molecule has 0 unspecified atom stereocenters. The molecular weight excluding hydrogens is 390 g/mol. The molecule has 1 aromatic heterocycles. The van der Waals surface area contributed by atoms with E-state index in [0.717, 1.165) is 12.1 Å². The zero-order valence-electron chi connectivity index (χ0n) is 14.1. The third-order valence-corrected chi connectivity index (χ3v) is 3.77. The van der Waals surface area contributed by atoms with Gasteiger partial charge in [-0.05, 0) is 18.2 Å². The number of carbonyl (C=O) groups excluding carboxylic acids is 2. The van der Waals surface area contributed by atoms with E-state index in [1.807, 2.05) is 6.07 Å². The van der Waals surface area contributed by atoms with Crippen LogP contribution in [0.2, 0.25) is 5.02 Å². The highest BCUT2D eigenvalue weighted by atomic mass is 35.5. The van der Waals surface area contributed by atoms with Crippen LogP contribution in [-0.4, -0.2) is 28.4 Å². The zero-order chi connectivity index (χ0) is 20.1. The summed E-state index contributed by atoms with van der Waals surface area (Å²) in [4.78, 5) is 37.8. The summed E-state index contributed by atoms with van der Waals surface area (Å²) in [6.45, 7) is -0.565. The number of nitro benzene ring substituents is 1. The molecule has 0 atom stereocenters. The van der Waals surface area contributed by atoms with Crippen molar-refractivity contribution >= 4 is 52.0 Å². The average molecular weight is 402 g/mol. The quantitative estimate of drug-likeness (QED) is 0.289. The number of oxazole rings is 1. The number of carbonyl (C=O) groups is 2. The summed E-state index contributed by atoms with van der Waals surface area (Å²) < 4.78 is 10.2. The summed E-state index contributed by atoms with van der Waals surface area (Å²) in [5, 5.41) is 13.1. The van der Waals surface area contributed by atoms with Gasteiger partial charge in [0.25, 0.3) is 11.6 Å². The molecule has 0 fully saturated rings. The number of amides is 1. The first-order valence-corrected chi connectivity index (χ1v) is 8.24. The van der Waals surface area contributed by atoms with Gasteiger partial charge in [-0.3, -0.25) is 14.9 Å². The Kier molecular flexibility index (Phi) is 5.66. The highest BCUT2D eigenvalue weighted by Gasteiger charge is 2.12. The lowest BCUT2D eigenvalue weighted by Gasteiger charge is -2.07. The molecule has 9 nitrogen and oxygen atoms in total. The molecule has 28 heavy (non-hydrogen) atoms. The molecule has 10 heteroatoms. The van der Waals surface area contributed by atoms with Crippen molar-refractivity contribution in [2.24, 2.45) is 0 Å². The van der Waals surface area contributed by atoms with E-state index in [9.17, 15) is 19.7 Å². The van der Waals surface area contributed by atoms with Gasteiger partial charge in [0.2, 0.25) is 5.89 Å². The summed E-state index contributed by atoms with van der Waals surface area (Å²) >= 11 is 5.88. The van der Waals surface area contributed by atoms with E-state index in [-0.39, 0.29) is 22.3 Å². The number of fused-ring (bicyclic) bond motifs is 1. The second kappa shape index (κ2) is 8.31. The van der Waals surface area contributed by atoms with Crippen LogP contribution in [0.5, 0.6) is 0 Å². The molecule has 1 heterocycles. The summed E-state index contributed by atoms with van der Waals surface area (Å²) in [5.74, 6) is -1.20. The first-order chi connectivity index (χ1) is 13.4. The largest absolute Gasteiger partial charge is 0.452 e. The van der Waals surface area contributed by atoms with Crippen LogP contribution in [0.3, 0.4) is 0 Å². The van der Waals surface area contributed by atoms with Crippen molar-refractivity contribution in [1.82, 2.24) is 4.98 Å². The Morgan fingerprint density at radius 2 is 2.07 bits per heavy atom. The Hall–Kier alpha value is -3.72. The molecule has 2 aromatic carbocycles. The Bertz CT molecular complexity index is 1060. The number of non-ortho nitro benzene ring substituents is 1. The molecule has 1 amide bonds. The zero-order valence-corrected chi connectivity index (χ0v) is 14.9. The molecule has 142 valence electrons. The highest BCUT2D eigenvalue weighted by molar-refractivity contribution is 6.34. The monoisotopic (exact) mass is 401 g/mol. The average Bonchev–Trinajstić information content (AvgIpc) is 3.09. The molecular formula is C18H12ClN3O6. The van der Waals surface area contributed by atoms with Crippen molar-refractivity contribution in [3.63, 3.8) is 0 Å². The molecule has 0 spiro atoms. The molecule has 0 aliphatic heterocycles. The van der Waals surface area contributed by atoms with E-state index >= 15 is 0 Å². The van der Waals surface area contributed by atoms with Gasteiger partial charge in [-0.1, -0.05) is 23.7 Å². The van der Waals surface area contributed by atoms with Gasteiger partial charge in [-0.2, -0.15) is 0 Å². The lowest BCUT2D eigenvalue weighted by atomic mass is 10.3. The summed E-state index contributed by atoms with van der Waals surface area (Å²) in [5.41, 5.74) is 1.18. The summed E-state index contributed by atoms with van der Waals surface area (Å²) in [6.07, 6.45) is 2.41. The Morgan fingerprint density at radius 3 is 2.79 bits per heavy atom. The van der Waals surface area contributed by atoms with Gasteiger partial charge in [0.05, 0.1) is 15.6 Å². The molecule has 0 aliphatic carbocycles. The number of esters is 1. The fraction of sp³-hybridized carbons (Fsp3) is 0.0556. The molecule has 3 aromatic rings. The van der Waals surface area contributed by atoms with Crippen LogP contribution >= 0.6 is 11.6 Å². The second-order valence-electron chi connectivity index (χ2n) is 5.43. The first kappa shape index (κ1) is 19.1. The van der Waals surface area contributed by atoms with Gasteiger partial charge >= 0.3 is 5.97 Å². The van der Waals surface area contributed by atoms with Crippen molar-refractivity contribution in [3.8, 4) is 0 Å². The number of nitro groups is 1. The number of ether oxygens (including phenoxy) is 1. The van der Waals surface area contributed by atoms with E-state index in [1.54, 1.807) is 18.2 Å². The maximum absolute atomic E-state index is 11.8. The van der Waals surface area contributed by atoms with E-state index in [0.29, 0.717) is 11.1 Å². The van der Waals surface area contributed by atoms with Crippen molar-refractivity contribution in [3.05, 3.63) is 69.6 Å². The lowest BCUT2D eigenvalue weighted by Crippen LogP contribution is -2.20. The molecule has 3 rings (SSSR count). The number of rotatable bonds is 6. The molecule has 0 radical (unpaired) electrons. The van der Waals surface area contributed by atoms with Crippen LogP contribution in [0.1, 0.15) is 5.89 Å². The number of nitrogens with one attached hydrogen (secondary N) is 1. The predicted octanol–water partition coefficient (Wildman–Crippen LogP) is 3.58. The van der Waals surface area contributed by atoms with Crippen LogP contribution in [0.15, 0.2) is 53.0 Å². The number of hydrogen-bond acceptors (Lipinski definition) is 7. The molecule has 1 N–H and O–H groups in total. The SMILES string of the molecule is O=C(COC(=O)/C=C/c1nc2ccccc2o1)Nc1ccc([N+](=O)[O-])cc1Cl. The van der Waals surface area contributed by atoms with Crippen LogP contribution in [0, 0.1) is 10.1 Å². The topological polar surface area (TPSA) is 125 Å². The third-order valence-electron chi connectivity index (χ3n) is 3.46. The van der Waals surface area contributed by atoms with Gasteiger partial charge < -0.3 is 14.5 Å². The number of nitrogens with zero attached hydrogens (tertiary/aromatic N) is 2. The van der Waals surface area contributed by atoms with Gasteiger partial charge in [-0.25, -0.2) is 9.78 Å². The number of aromatic nitrogens is 1. The maximum atomic E-state index is 11.8. The van der Waals surface area contributed by atoms with Gasteiger partial charge in [-0.15, -0.1) is 0 Å². The number of hydrogen-bond donors (Lipinski definition) is 1. The minimum absolute atomic E-state index is 0.00951. The van der Waals surface area contributed by atoms with Gasteiger partial charge in [0, 0.05) is 24.3 Å². The van der Waals surface area contributed by atoms with Crippen LogP contribution in [0.25, 0.3) is 17.2 Å². The van der Waals surface area contributed by atoms with E-state index < -0.39 is 23.4 Å². The number of halogens is 1. The van der Waals surface area contributed by atoms with E-state index in [1.165, 1.54) is 18.2 Å². The molecule has 0 saturated carbocycles. The van der Waals surface area contributed by atoms with Gasteiger partial charge in [0.1, 0.15) is 5.52 Å². The van der Waals surface area contributed by atoms with Crippen LogP contribution in [-0.2, 0) is 14.3 Å². The minimum Gasteiger partial charge on any atom is -0.452 e. The molecule has 0 saturated heterocycles. The lowest BCUT2D eigenvalue weighted by molar-refractivity contribution is -0.384. The normalized spacial score (nSPS) is 10.9. The highest BCUT2D eigenvalue weighted by Crippen LogP contribution is 2.26. The fourth-order valence-corrected chi connectivity index (χ4v) is 2.41. The summed E-state index contributed by atoms with van der Waals surface area (Å²) in [6, 6.07) is 10.7. The molecule has 0 aliphatic rings. The Labute approximate surface area is 162 Å². The number of para-hydroxylation sites is 2. The van der Waals surface area contributed by atoms with Crippen LogP contribution in [0.4, 0.5) is 11.4 Å². The number of benzene rings is 2. The smallest absolute Gasteiger partial charge is 0.331 e. The van der Waals surface area contributed by atoms with Gasteiger partial charge in [0.15, 0.2) is 12.2 Å². The number of anilines is 1. The minimum atomic E-state index is -0.771. The van der Waals surface area contributed by atoms with Crippen molar-refractivity contribution in [2.45, 2.75) is 0 Å². The predicted molar refractivity (Wildman–Crippen MR) is 101 cm³/mol. The van der Waals surface area contributed by atoms with Crippen molar-refractivity contribution in [1.29, 1.82) is 0 Å². The van der Waals surface area contributed by atoms with Crippen molar-refractivity contribution < 1.29 is 23.7 Å². The third kappa shape index (κ3) is 4.71. The van der Waals surface area contributed by atoms with E-state index in [4.69, 9.17) is 20.8 Å². The Balaban J connectivity index is 1.52. The second-order valence-corrected chi connectivity index (χ2v) is 5.84. The standard InChI is InChI=1S/C18H12ClN3O6/c19-12-9-11(22(25)26)5-6-13(12)20-16(23)10-27-18(24)8-7-17-21-14-3-1-2-4-15(14)28-17/h1-9H,10H2,(H,20,23)/b8-7+. The maximum Gasteiger partial charge on any atom is 0.331 e. The fourth-order valence-electron chi connectivity index (χ4n) is 2.19. The first-order valence-electron chi connectivity index (χ1n) is 7.86. The summed E-state index contributed by atoms with van der Waals surface area (Å²) in [7, 11) is 0. The Morgan fingerprint density at radius 1 is 1.29 bits per heavy atom. The van der Waals surface area contributed by atoms with Crippen molar-refractivity contribution in [2.75, 3.05) is 11.9 Å². The van der Waals surface area contributed by atoms with E-state index in [2.05, 4.69) is 10.3 Å². The molecule has 0 bridgehead atoms.